The molecule has 0 bridgehead atoms. The van der Waals surface area contributed by atoms with Gasteiger partial charge in [0.2, 0.25) is 5.91 Å². The number of hydrogen-bond donors (Lipinski definition) is 3. The van der Waals surface area contributed by atoms with Crippen LogP contribution in [0.3, 0.4) is 0 Å². The largest absolute Gasteiger partial charge is 0.382 e. The second kappa shape index (κ2) is 9.80. The van der Waals surface area contributed by atoms with E-state index in [1.54, 1.807) is 11.8 Å². The Balaban J connectivity index is 2.19. The van der Waals surface area contributed by atoms with Crippen molar-refractivity contribution < 1.29 is 9.90 Å². The molecule has 1 rings (SSSR count). The number of carbonyl (C=O) groups is 1. The Morgan fingerprint density at radius 3 is 2.75 bits per heavy atom. The number of aliphatic hydroxyl groups is 1. The van der Waals surface area contributed by atoms with Crippen molar-refractivity contribution in [2.45, 2.75) is 31.4 Å². The van der Waals surface area contributed by atoms with Crippen LogP contribution in [-0.4, -0.2) is 41.7 Å². The summed E-state index contributed by atoms with van der Waals surface area (Å²) in [6.07, 6.45) is 3.26. The summed E-state index contributed by atoms with van der Waals surface area (Å²) >= 11 is 1.66. The van der Waals surface area contributed by atoms with E-state index < -0.39 is 12.1 Å². The van der Waals surface area contributed by atoms with E-state index >= 15 is 0 Å². The summed E-state index contributed by atoms with van der Waals surface area (Å²) in [5.41, 5.74) is 7.02. The lowest BCUT2D eigenvalue weighted by atomic mass is 10.1. The van der Waals surface area contributed by atoms with Gasteiger partial charge >= 0.3 is 0 Å². The van der Waals surface area contributed by atoms with Gasteiger partial charge in [-0.25, -0.2) is 0 Å². The van der Waals surface area contributed by atoms with Crippen molar-refractivity contribution in [3.05, 3.63) is 35.9 Å². The number of nitrogens with two attached hydrogens (primary N) is 1. The van der Waals surface area contributed by atoms with Gasteiger partial charge < -0.3 is 16.2 Å². The molecule has 0 spiro atoms. The Hall–Kier alpha value is -1.04. The van der Waals surface area contributed by atoms with Gasteiger partial charge in [-0.05, 0) is 36.8 Å². The molecular formula is C15H24N2O2S. The highest BCUT2D eigenvalue weighted by atomic mass is 32.2. The number of rotatable bonds is 9. The molecule has 1 amide bonds. The van der Waals surface area contributed by atoms with E-state index in [1.165, 1.54) is 5.56 Å². The van der Waals surface area contributed by atoms with E-state index in [4.69, 9.17) is 5.73 Å². The van der Waals surface area contributed by atoms with Gasteiger partial charge in [-0.1, -0.05) is 30.3 Å². The molecule has 0 saturated heterocycles. The summed E-state index contributed by atoms with van der Waals surface area (Å²) < 4.78 is 0. The minimum absolute atomic E-state index is 0.369. The quantitative estimate of drug-likeness (QED) is 0.598. The molecule has 0 fully saturated rings. The molecular weight excluding hydrogens is 272 g/mol. The molecule has 4 N–H and O–H groups in total. The van der Waals surface area contributed by atoms with Crippen LogP contribution in [0.4, 0.5) is 0 Å². The van der Waals surface area contributed by atoms with Crippen LogP contribution in [0.25, 0.3) is 0 Å². The van der Waals surface area contributed by atoms with E-state index in [9.17, 15) is 9.90 Å². The number of amides is 1. The maximum Gasteiger partial charge on any atom is 0.250 e. The van der Waals surface area contributed by atoms with Gasteiger partial charge in [-0.2, -0.15) is 11.8 Å². The van der Waals surface area contributed by atoms with E-state index in [0.29, 0.717) is 13.0 Å². The highest BCUT2D eigenvalue weighted by Crippen LogP contribution is 2.04. The molecule has 0 aliphatic heterocycles. The predicted molar refractivity (Wildman–Crippen MR) is 84.8 cm³/mol. The van der Waals surface area contributed by atoms with Crippen LogP contribution in [-0.2, 0) is 11.2 Å². The molecule has 0 aromatic heterocycles. The van der Waals surface area contributed by atoms with E-state index in [1.807, 2.05) is 24.5 Å². The van der Waals surface area contributed by atoms with Crippen molar-refractivity contribution in [1.29, 1.82) is 0 Å². The Kier molecular flexibility index (Phi) is 8.34. The minimum atomic E-state index is -1.11. The molecule has 1 aromatic rings. The molecule has 0 saturated carbocycles. The van der Waals surface area contributed by atoms with Gasteiger partial charge in [0, 0.05) is 12.6 Å². The fourth-order valence-electron chi connectivity index (χ4n) is 1.86. The average molecular weight is 296 g/mol. The third kappa shape index (κ3) is 6.41. The molecule has 0 heterocycles. The topological polar surface area (TPSA) is 75.3 Å². The molecule has 0 aliphatic rings. The first-order valence-electron chi connectivity index (χ1n) is 6.89. The smallest absolute Gasteiger partial charge is 0.250 e. The molecule has 112 valence electrons. The highest BCUT2D eigenvalue weighted by molar-refractivity contribution is 7.98. The number of hydrogen-bond acceptors (Lipinski definition) is 4. The summed E-state index contributed by atoms with van der Waals surface area (Å²) in [6, 6.07) is 9.63. The standard InChI is InChI=1S/C15H24N2O2S/c1-20-11-9-13(16)14(18)15(19)17-10-5-8-12-6-3-2-4-7-12/h2-4,6-7,13-14,18H,5,8-11,16H2,1H3,(H,17,19)/t13-,14?/m1/s1. The van der Waals surface area contributed by atoms with E-state index in [-0.39, 0.29) is 5.91 Å². The third-order valence-electron chi connectivity index (χ3n) is 3.11. The summed E-state index contributed by atoms with van der Waals surface area (Å²) in [5.74, 6) is 0.478. The lowest BCUT2D eigenvalue weighted by Gasteiger charge is -2.17. The van der Waals surface area contributed by atoms with Crippen LogP contribution in [0, 0.1) is 0 Å². The van der Waals surface area contributed by atoms with Crippen molar-refractivity contribution >= 4 is 17.7 Å². The molecule has 5 heteroatoms. The van der Waals surface area contributed by atoms with Gasteiger partial charge in [0.05, 0.1) is 0 Å². The van der Waals surface area contributed by atoms with Crippen molar-refractivity contribution in [3.8, 4) is 0 Å². The van der Waals surface area contributed by atoms with Crippen LogP contribution in [0.2, 0.25) is 0 Å². The number of carbonyl (C=O) groups excluding carboxylic acids is 1. The summed E-state index contributed by atoms with van der Waals surface area (Å²) in [4.78, 5) is 11.7. The maximum atomic E-state index is 11.7. The second-order valence-corrected chi connectivity index (χ2v) is 5.76. The first kappa shape index (κ1) is 17.0. The predicted octanol–water partition coefficient (Wildman–Crippen LogP) is 1.18. The summed E-state index contributed by atoms with van der Waals surface area (Å²) in [7, 11) is 0. The van der Waals surface area contributed by atoms with Crippen LogP contribution < -0.4 is 11.1 Å². The highest BCUT2D eigenvalue weighted by Gasteiger charge is 2.21. The monoisotopic (exact) mass is 296 g/mol. The van der Waals surface area contributed by atoms with E-state index in [0.717, 1.165) is 18.6 Å². The van der Waals surface area contributed by atoms with Gasteiger partial charge in [-0.3, -0.25) is 4.79 Å². The SMILES string of the molecule is CSCC[C@@H](N)C(O)C(=O)NCCCc1ccccc1. The maximum absolute atomic E-state index is 11.7. The fraction of sp³-hybridized carbons (Fsp3) is 0.533. The van der Waals surface area contributed by atoms with Crippen molar-refractivity contribution in [2.75, 3.05) is 18.6 Å². The zero-order valence-corrected chi connectivity index (χ0v) is 12.7. The second-order valence-electron chi connectivity index (χ2n) is 4.77. The van der Waals surface area contributed by atoms with Crippen molar-refractivity contribution in [2.24, 2.45) is 5.73 Å². The Bertz CT molecular complexity index is 387. The normalized spacial score (nSPS) is 13.8. The molecule has 1 aromatic carbocycles. The first-order valence-corrected chi connectivity index (χ1v) is 8.28. The van der Waals surface area contributed by atoms with Crippen LogP contribution in [0.15, 0.2) is 30.3 Å². The van der Waals surface area contributed by atoms with Gasteiger partial charge in [0.15, 0.2) is 0 Å². The van der Waals surface area contributed by atoms with Gasteiger partial charge in [0.1, 0.15) is 6.10 Å². The Morgan fingerprint density at radius 1 is 1.40 bits per heavy atom. The van der Waals surface area contributed by atoms with Crippen LogP contribution in [0.5, 0.6) is 0 Å². The number of thioether (sulfide) groups is 1. The van der Waals surface area contributed by atoms with Crippen LogP contribution >= 0.6 is 11.8 Å². The number of nitrogens with one attached hydrogen (secondary N) is 1. The summed E-state index contributed by atoms with van der Waals surface area (Å²) in [5, 5.41) is 12.5. The number of aryl methyl sites for hydroxylation is 1. The Labute approximate surface area is 125 Å². The lowest BCUT2D eigenvalue weighted by molar-refractivity contribution is -0.130. The average Bonchev–Trinajstić information content (AvgIpc) is 2.49. The van der Waals surface area contributed by atoms with Gasteiger partial charge in [0.25, 0.3) is 0 Å². The molecule has 1 unspecified atom stereocenters. The molecule has 0 radical (unpaired) electrons. The van der Waals surface area contributed by atoms with Gasteiger partial charge in [-0.15, -0.1) is 0 Å². The zero-order chi connectivity index (χ0) is 14.8. The molecule has 2 atom stereocenters. The van der Waals surface area contributed by atoms with Crippen molar-refractivity contribution in [1.82, 2.24) is 5.32 Å². The third-order valence-corrected chi connectivity index (χ3v) is 3.76. The molecule has 20 heavy (non-hydrogen) atoms. The zero-order valence-electron chi connectivity index (χ0n) is 11.9. The molecule has 0 aliphatic carbocycles. The van der Waals surface area contributed by atoms with E-state index in [2.05, 4.69) is 17.4 Å². The lowest BCUT2D eigenvalue weighted by Crippen LogP contribution is -2.46. The van der Waals surface area contributed by atoms with Crippen molar-refractivity contribution in [3.63, 3.8) is 0 Å². The summed E-state index contributed by atoms with van der Waals surface area (Å²) in [6.45, 7) is 0.556. The Morgan fingerprint density at radius 2 is 2.10 bits per heavy atom. The fourth-order valence-corrected chi connectivity index (χ4v) is 2.37. The van der Waals surface area contributed by atoms with Crippen LogP contribution in [0.1, 0.15) is 18.4 Å². The first-order chi connectivity index (χ1) is 9.65. The number of aliphatic hydroxyl groups excluding tert-OH is 1. The number of benzene rings is 1. The molecule has 4 nitrogen and oxygen atoms in total. The minimum Gasteiger partial charge on any atom is -0.382 e.